The van der Waals surface area contributed by atoms with Crippen molar-refractivity contribution in [3.8, 4) is 0 Å². The highest BCUT2D eigenvalue weighted by molar-refractivity contribution is 5.87. The van der Waals surface area contributed by atoms with E-state index in [0.717, 1.165) is 25.9 Å². The number of likely N-dealkylation sites (tertiary alicyclic amines) is 1. The lowest BCUT2D eigenvalue weighted by molar-refractivity contribution is -0.120. The first-order valence-corrected chi connectivity index (χ1v) is 6.23. The summed E-state index contributed by atoms with van der Waals surface area (Å²) >= 11 is 0. The van der Waals surface area contributed by atoms with Crippen molar-refractivity contribution >= 4 is 11.8 Å². The van der Waals surface area contributed by atoms with Crippen molar-refractivity contribution < 1.29 is 9.59 Å². The molecule has 0 spiro atoms. The number of carbonyl (C=O) groups excluding carboxylic acids is 2. The summed E-state index contributed by atoms with van der Waals surface area (Å²) in [6.07, 6.45) is 5.02. The first kappa shape index (κ1) is 13.0. The lowest BCUT2D eigenvalue weighted by Gasteiger charge is -2.23. The fourth-order valence-corrected chi connectivity index (χ4v) is 1.94. The minimum atomic E-state index is -0.360. The van der Waals surface area contributed by atoms with E-state index in [1.807, 2.05) is 11.8 Å². The predicted molar refractivity (Wildman–Crippen MR) is 63.3 cm³/mol. The van der Waals surface area contributed by atoms with Gasteiger partial charge in [0.05, 0.1) is 6.04 Å². The Morgan fingerprint density at radius 3 is 2.25 bits per heavy atom. The summed E-state index contributed by atoms with van der Waals surface area (Å²) in [6, 6.07) is -0.447. The summed E-state index contributed by atoms with van der Waals surface area (Å²) in [5, 5.41) is 2.77. The van der Waals surface area contributed by atoms with Gasteiger partial charge in [-0.2, -0.15) is 0 Å². The number of Topliss-reactive ketones (excluding diaryl/α,β-unsaturated/α-hetero) is 1. The van der Waals surface area contributed by atoms with E-state index < -0.39 is 0 Å². The Labute approximate surface area is 97.4 Å². The lowest BCUT2D eigenvalue weighted by atomic mass is 10.2. The van der Waals surface area contributed by atoms with Crippen molar-refractivity contribution in [2.24, 2.45) is 0 Å². The molecule has 4 heteroatoms. The van der Waals surface area contributed by atoms with Gasteiger partial charge in [0, 0.05) is 19.5 Å². The van der Waals surface area contributed by atoms with Crippen LogP contribution in [0.15, 0.2) is 0 Å². The van der Waals surface area contributed by atoms with Crippen molar-refractivity contribution in [1.82, 2.24) is 10.2 Å². The molecule has 1 heterocycles. The second-order valence-electron chi connectivity index (χ2n) is 4.39. The van der Waals surface area contributed by atoms with Gasteiger partial charge in [0.2, 0.25) is 0 Å². The van der Waals surface area contributed by atoms with E-state index in [0.29, 0.717) is 6.42 Å². The van der Waals surface area contributed by atoms with E-state index in [-0.39, 0.29) is 17.9 Å². The summed E-state index contributed by atoms with van der Waals surface area (Å²) in [4.78, 5) is 25.0. The molecule has 92 valence electrons. The minimum absolute atomic E-state index is 0.0863. The molecule has 1 saturated heterocycles. The Kier molecular flexibility index (Phi) is 5.29. The van der Waals surface area contributed by atoms with Crippen LogP contribution in [0, 0.1) is 0 Å². The molecule has 1 aliphatic heterocycles. The SMILES string of the molecule is CCC(=O)C(C)NC(=O)N1CCCCCC1. The third kappa shape index (κ3) is 3.83. The van der Waals surface area contributed by atoms with Crippen LogP contribution in [0.5, 0.6) is 0 Å². The van der Waals surface area contributed by atoms with Crippen molar-refractivity contribution in [3.05, 3.63) is 0 Å². The third-order valence-corrected chi connectivity index (χ3v) is 3.06. The number of rotatable bonds is 3. The summed E-state index contributed by atoms with van der Waals surface area (Å²) in [5.41, 5.74) is 0. The van der Waals surface area contributed by atoms with Gasteiger partial charge in [0.15, 0.2) is 5.78 Å². The molecule has 4 nitrogen and oxygen atoms in total. The summed E-state index contributed by atoms with van der Waals surface area (Å²) in [5.74, 6) is 0.0863. The number of ketones is 1. The number of hydrogen-bond acceptors (Lipinski definition) is 2. The topological polar surface area (TPSA) is 49.4 Å². The zero-order valence-corrected chi connectivity index (χ0v) is 10.3. The van der Waals surface area contributed by atoms with E-state index in [2.05, 4.69) is 5.32 Å². The average molecular weight is 226 g/mol. The second kappa shape index (κ2) is 6.51. The van der Waals surface area contributed by atoms with E-state index in [1.54, 1.807) is 6.92 Å². The van der Waals surface area contributed by atoms with Crippen LogP contribution < -0.4 is 5.32 Å². The Balaban J connectivity index is 2.41. The molecule has 0 saturated carbocycles. The van der Waals surface area contributed by atoms with Gasteiger partial charge in [0.1, 0.15) is 0 Å². The van der Waals surface area contributed by atoms with Gasteiger partial charge >= 0.3 is 6.03 Å². The van der Waals surface area contributed by atoms with Crippen LogP contribution in [0.25, 0.3) is 0 Å². The second-order valence-corrected chi connectivity index (χ2v) is 4.39. The molecule has 1 fully saturated rings. The largest absolute Gasteiger partial charge is 0.328 e. The molecule has 2 amide bonds. The van der Waals surface area contributed by atoms with Gasteiger partial charge in [-0.1, -0.05) is 19.8 Å². The Morgan fingerprint density at radius 2 is 1.75 bits per heavy atom. The Morgan fingerprint density at radius 1 is 1.19 bits per heavy atom. The van der Waals surface area contributed by atoms with Gasteiger partial charge in [-0.25, -0.2) is 4.79 Å². The molecule has 0 aliphatic carbocycles. The maximum atomic E-state index is 11.8. The number of hydrogen-bond donors (Lipinski definition) is 1. The smallest absolute Gasteiger partial charge is 0.317 e. The van der Waals surface area contributed by atoms with Gasteiger partial charge in [0.25, 0.3) is 0 Å². The van der Waals surface area contributed by atoms with E-state index in [1.165, 1.54) is 12.8 Å². The molecule has 0 aromatic rings. The first-order valence-electron chi connectivity index (χ1n) is 6.23. The van der Waals surface area contributed by atoms with Crippen LogP contribution in [-0.4, -0.2) is 35.8 Å². The molecular formula is C12H22N2O2. The van der Waals surface area contributed by atoms with Gasteiger partial charge in [-0.15, -0.1) is 0 Å². The molecule has 1 unspecified atom stereocenters. The Hall–Kier alpha value is -1.06. The molecule has 0 aromatic carbocycles. The van der Waals surface area contributed by atoms with Gasteiger partial charge in [-0.05, 0) is 19.8 Å². The van der Waals surface area contributed by atoms with Crippen LogP contribution >= 0.6 is 0 Å². The Bertz CT molecular complexity index is 245. The molecule has 0 radical (unpaired) electrons. The molecule has 1 N–H and O–H groups in total. The maximum Gasteiger partial charge on any atom is 0.317 e. The number of carbonyl (C=O) groups is 2. The highest BCUT2D eigenvalue weighted by Crippen LogP contribution is 2.09. The standard InChI is InChI=1S/C12H22N2O2/c1-3-11(15)10(2)13-12(16)14-8-6-4-5-7-9-14/h10H,3-9H2,1-2H3,(H,13,16). The number of nitrogens with one attached hydrogen (secondary N) is 1. The number of nitrogens with zero attached hydrogens (tertiary/aromatic N) is 1. The van der Waals surface area contributed by atoms with E-state index in [4.69, 9.17) is 0 Å². The summed E-state index contributed by atoms with van der Waals surface area (Å²) in [7, 11) is 0. The quantitative estimate of drug-likeness (QED) is 0.799. The highest BCUT2D eigenvalue weighted by atomic mass is 16.2. The normalized spacial score (nSPS) is 18.8. The summed E-state index contributed by atoms with van der Waals surface area (Å²) < 4.78 is 0. The van der Waals surface area contributed by atoms with E-state index >= 15 is 0 Å². The fourth-order valence-electron chi connectivity index (χ4n) is 1.94. The van der Waals surface area contributed by atoms with Crippen molar-refractivity contribution in [3.63, 3.8) is 0 Å². The van der Waals surface area contributed by atoms with Crippen molar-refractivity contribution in [2.45, 2.75) is 52.0 Å². The lowest BCUT2D eigenvalue weighted by Crippen LogP contribution is -2.46. The van der Waals surface area contributed by atoms with Crippen LogP contribution in [0.3, 0.4) is 0 Å². The zero-order valence-electron chi connectivity index (χ0n) is 10.3. The van der Waals surface area contributed by atoms with Gasteiger partial charge in [-0.3, -0.25) is 4.79 Å². The monoisotopic (exact) mass is 226 g/mol. The molecule has 1 aliphatic rings. The molecule has 0 bridgehead atoms. The maximum absolute atomic E-state index is 11.8. The molecule has 16 heavy (non-hydrogen) atoms. The average Bonchev–Trinajstić information content (AvgIpc) is 2.56. The fraction of sp³-hybridized carbons (Fsp3) is 0.833. The van der Waals surface area contributed by atoms with Crippen LogP contribution in [0.2, 0.25) is 0 Å². The predicted octanol–water partition coefficient (Wildman–Crippen LogP) is 1.94. The molecule has 0 aromatic heterocycles. The first-order chi connectivity index (χ1) is 7.65. The number of urea groups is 1. The van der Waals surface area contributed by atoms with Crippen molar-refractivity contribution in [1.29, 1.82) is 0 Å². The van der Waals surface area contributed by atoms with Gasteiger partial charge < -0.3 is 10.2 Å². The third-order valence-electron chi connectivity index (χ3n) is 3.06. The van der Waals surface area contributed by atoms with Crippen LogP contribution in [-0.2, 0) is 4.79 Å². The minimum Gasteiger partial charge on any atom is -0.328 e. The van der Waals surface area contributed by atoms with Crippen molar-refractivity contribution in [2.75, 3.05) is 13.1 Å². The van der Waals surface area contributed by atoms with Crippen LogP contribution in [0.1, 0.15) is 46.0 Å². The van der Waals surface area contributed by atoms with E-state index in [9.17, 15) is 9.59 Å². The number of amides is 2. The molecule has 1 atom stereocenters. The zero-order chi connectivity index (χ0) is 12.0. The highest BCUT2D eigenvalue weighted by Gasteiger charge is 2.19. The molecule has 1 rings (SSSR count). The van der Waals surface area contributed by atoms with Crippen LogP contribution in [0.4, 0.5) is 4.79 Å². The summed E-state index contributed by atoms with van der Waals surface area (Å²) in [6.45, 7) is 5.20. The molecular weight excluding hydrogens is 204 g/mol.